The van der Waals surface area contributed by atoms with Crippen LogP contribution in [0, 0.1) is 11.8 Å². The SMILES string of the molecule is CCCCC(/C=C/[C@H]1C=C[C@H](O)C1)CCCC. The van der Waals surface area contributed by atoms with Crippen LogP contribution in [0.15, 0.2) is 24.3 Å². The maximum atomic E-state index is 9.43. The molecule has 0 amide bonds. The first kappa shape index (κ1) is 14.5. The van der Waals surface area contributed by atoms with Crippen molar-refractivity contribution >= 4 is 0 Å². The summed E-state index contributed by atoms with van der Waals surface area (Å²) in [5, 5.41) is 9.43. The average molecular weight is 236 g/mol. The first-order valence-electron chi connectivity index (χ1n) is 7.31. The van der Waals surface area contributed by atoms with Crippen LogP contribution in [-0.4, -0.2) is 11.2 Å². The normalized spacial score (nSPS) is 24.2. The standard InChI is InChI=1S/C16H28O/c1-3-5-7-14(8-6-4-2)9-10-15-11-12-16(17)13-15/h9-12,14-17H,3-8,13H2,1-2H3/b10-9+/t15-,16-/m0/s1. The van der Waals surface area contributed by atoms with Gasteiger partial charge in [-0.3, -0.25) is 0 Å². The molecule has 1 aliphatic carbocycles. The predicted octanol–water partition coefficient (Wildman–Crippen LogP) is 4.48. The molecule has 0 aromatic carbocycles. The maximum Gasteiger partial charge on any atom is 0.0729 e. The summed E-state index contributed by atoms with van der Waals surface area (Å²) in [6.07, 6.45) is 17.3. The molecule has 1 aliphatic rings. The maximum absolute atomic E-state index is 9.43. The van der Waals surface area contributed by atoms with E-state index in [1.54, 1.807) is 0 Å². The smallest absolute Gasteiger partial charge is 0.0729 e. The fourth-order valence-electron chi connectivity index (χ4n) is 2.42. The Hall–Kier alpha value is -0.560. The summed E-state index contributed by atoms with van der Waals surface area (Å²) in [5.41, 5.74) is 0. The molecule has 0 fully saturated rings. The number of unbranched alkanes of at least 4 members (excludes halogenated alkanes) is 2. The minimum atomic E-state index is -0.214. The molecule has 1 N–H and O–H groups in total. The molecule has 0 radical (unpaired) electrons. The summed E-state index contributed by atoms with van der Waals surface area (Å²) >= 11 is 0. The largest absolute Gasteiger partial charge is 0.389 e. The van der Waals surface area contributed by atoms with Crippen molar-refractivity contribution < 1.29 is 5.11 Å². The van der Waals surface area contributed by atoms with E-state index in [0.29, 0.717) is 5.92 Å². The van der Waals surface area contributed by atoms with Crippen LogP contribution in [0.25, 0.3) is 0 Å². The van der Waals surface area contributed by atoms with Gasteiger partial charge in [0.2, 0.25) is 0 Å². The number of hydrogen-bond donors (Lipinski definition) is 1. The minimum Gasteiger partial charge on any atom is -0.389 e. The monoisotopic (exact) mass is 236 g/mol. The molecular formula is C16H28O. The van der Waals surface area contributed by atoms with Crippen LogP contribution in [0.1, 0.15) is 58.8 Å². The fraction of sp³-hybridized carbons (Fsp3) is 0.750. The topological polar surface area (TPSA) is 20.2 Å². The van der Waals surface area contributed by atoms with Crippen LogP contribution in [0.5, 0.6) is 0 Å². The lowest BCUT2D eigenvalue weighted by Crippen LogP contribution is -2.01. The number of allylic oxidation sites excluding steroid dienone is 3. The first-order chi connectivity index (χ1) is 8.26. The van der Waals surface area contributed by atoms with E-state index >= 15 is 0 Å². The molecule has 0 aromatic heterocycles. The van der Waals surface area contributed by atoms with Gasteiger partial charge in [-0.1, -0.05) is 63.8 Å². The molecular weight excluding hydrogens is 208 g/mol. The zero-order chi connectivity index (χ0) is 12.5. The highest BCUT2D eigenvalue weighted by atomic mass is 16.3. The fourth-order valence-corrected chi connectivity index (χ4v) is 2.42. The van der Waals surface area contributed by atoms with E-state index in [1.165, 1.54) is 38.5 Å². The number of aliphatic hydroxyl groups excluding tert-OH is 1. The summed E-state index contributed by atoms with van der Waals surface area (Å²) in [4.78, 5) is 0. The molecule has 0 aliphatic heterocycles. The Labute approximate surface area is 107 Å². The third-order valence-electron chi connectivity index (χ3n) is 3.58. The molecule has 1 heteroatoms. The molecule has 1 rings (SSSR count). The van der Waals surface area contributed by atoms with Crippen molar-refractivity contribution in [2.45, 2.75) is 64.9 Å². The van der Waals surface area contributed by atoms with Crippen LogP contribution >= 0.6 is 0 Å². The minimum absolute atomic E-state index is 0.214. The summed E-state index contributed by atoms with van der Waals surface area (Å²) in [7, 11) is 0. The third kappa shape index (κ3) is 6.07. The van der Waals surface area contributed by atoms with E-state index < -0.39 is 0 Å². The van der Waals surface area contributed by atoms with E-state index in [4.69, 9.17) is 0 Å². The number of rotatable bonds is 8. The second-order valence-corrected chi connectivity index (χ2v) is 5.28. The molecule has 17 heavy (non-hydrogen) atoms. The molecule has 0 saturated heterocycles. The van der Waals surface area contributed by atoms with Crippen molar-refractivity contribution in [1.29, 1.82) is 0 Å². The Morgan fingerprint density at radius 1 is 1.18 bits per heavy atom. The number of aliphatic hydroxyl groups is 1. The molecule has 0 aromatic rings. The van der Waals surface area contributed by atoms with Crippen LogP contribution in [0.2, 0.25) is 0 Å². The second kappa shape index (κ2) is 8.52. The van der Waals surface area contributed by atoms with Crippen molar-refractivity contribution in [3.63, 3.8) is 0 Å². The van der Waals surface area contributed by atoms with Crippen LogP contribution < -0.4 is 0 Å². The summed E-state index contributed by atoms with van der Waals surface area (Å²) < 4.78 is 0. The predicted molar refractivity (Wildman–Crippen MR) is 74.9 cm³/mol. The van der Waals surface area contributed by atoms with Gasteiger partial charge in [-0.2, -0.15) is 0 Å². The van der Waals surface area contributed by atoms with Gasteiger partial charge in [0.05, 0.1) is 6.10 Å². The van der Waals surface area contributed by atoms with Gasteiger partial charge in [-0.05, 0) is 31.1 Å². The van der Waals surface area contributed by atoms with E-state index in [2.05, 4.69) is 32.1 Å². The second-order valence-electron chi connectivity index (χ2n) is 5.28. The molecule has 0 bridgehead atoms. The van der Waals surface area contributed by atoms with Crippen LogP contribution in [-0.2, 0) is 0 Å². The highest BCUT2D eigenvalue weighted by Crippen LogP contribution is 2.22. The Morgan fingerprint density at radius 3 is 2.29 bits per heavy atom. The van der Waals surface area contributed by atoms with Gasteiger partial charge in [0.15, 0.2) is 0 Å². The number of hydrogen-bond acceptors (Lipinski definition) is 1. The summed E-state index contributed by atoms with van der Waals surface area (Å²) in [5.74, 6) is 1.22. The first-order valence-corrected chi connectivity index (χ1v) is 7.31. The van der Waals surface area contributed by atoms with Crippen molar-refractivity contribution in [2.75, 3.05) is 0 Å². The van der Waals surface area contributed by atoms with Crippen molar-refractivity contribution in [3.8, 4) is 0 Å². The molecule has 0 spiro atoms. The Bertz CT molecular complexity index is 234. The zero-order valence-electron chi connectivity index (χ0n) is 11.4. The lowest BCUT2D eigenvalue weighted by atomic mass is 9.94. The van der Waals surface area contributed by atoms with Gasteiger partial charge in [-0.25, -0.2) is 0 Å². The van der Waals surface area contributed by atoms with E-state index in [9.17, 15) is 5.11 Å². The van der Waals surface area contributed by atoms with Gasteiger partial charge in [0.1, 0.15) is 0 Å². The quantitative estimate of drug-likeness (QED) is 0.616. The van der Waals surface area contributed by atoms with Crippen LogP contribution in [0.4, 0.5) is 0 Å². The average Bonchev–Trinajstić information content (AvgIpc) is 2.74. The molecule has 0 unspecified atom stereocenters. The van der Waals surface area contributed by atoms with Crippen molar-refractivity contribution in [2.24, 2.45) is 11.8 Å². The zero-order valence-corrected chi connectivity index (χ0v) is 11.4. The highest BCUT2D eigenvalue weighted by Gasteiger charge is 2.14. The Balaban J connectivity index is 2.35. The molecule has 1 nitrogen and oxygen atoms in total. The Morgan fingerprint density at radius 2 is 1.82 bits per heavy atom. The van der Waals surface area contributed by atoms with Crippen molar-refractivity contribution in [1.82, 2.24) is 0 Å². The molecule has 0 heterocycles. The van der Waals surface area contributed by atoms with Gasteiger partial charge in [-0.15, -0.1) is 0 Å². The summed E-state index contributed by atoms with van der Waals surface area (Å²) in [6, 6.07) is 0. The lowest BCUT2D eigenvalue weighted by Gasteiger charge is -2.12. The van der Waals surface area contributed by atoms with Gasteiger partial charge >= 0.3 is 0 Å². The Kier molecular flexibility index (Phi) is 7.27. The van der Waals surface area contributed by atoms with Crippen LogP contribution in [0.3, 0.4) is 0 Å². The van der Waals surface area contributed by atoms with E-state index in [1.807, 2.05) is 6.08 Å². The third-order valence-corrected chi connectivity index (χ3v) is 3.58. The summed E-state index contributed by atoms with van der Waals surface area (Å²) in [6.45, 7) is 4.52. The van der Waals surface area contributed by atoms with Gasteiger partial charge in [0.25, 0.3) is 0 Å². The highest BCUT2D eigenvalue weighted by molar-refractivity contribution is 5.10. The molecule has 2 atom stereocenters. The van der Waals surface area contributed by atoms with Crippen molar-refractivity contribution in [3.05, 3.63) is 24.3 Å². The van der Waals surface area contributed by atoms with Gasteiger partial charge in [0, 0.05) is 0 Å². The van der Waals surface area contributed by atoms with Gasteiger partial charge < -0.3 is 5.11 Å². The lowest BCUT2D eigenvalue weighted by molar-refractivity contribution is 0.215. The molecule has 98 valence electrons. The van der Waals surface area contributed by atoms with E-state index in [-0.39, 0.29) is 6.10 Å². The van der Waals surface area contributed by atoms with E-state index in [0.717, 1.165) is 12.3 Å². The molecule has 0 saturated carbocycles.